The average Bonchev–Trinajstić information content (AvgIpc) is 3.21. The van der Waals surface area contributed by atoms with Crippen molar-refractivity contribution >= 4 is 16.0 Å². The highest BCUT2D eigenvalue weighted by molar-refractivity contribution is 7.89. The Hall–Kier alpha value is -1.75. The van der Waals surface area contributed by atoms with Gasteiger partial charge in [0.15, 0.2) is 0 Å². The number of hydrogen-bond acceptors (Lipinski definition) is 8. The van der Waals surface area contributed by atoms with Gasteiger partial charge in [-0.2, -0.15) is 4.31 Å². The van der Waals surface area contributed by atoms with Crippen molar-refractivity contribution in [3.05, 3.63) is 17.8 Å². The van der Waals surface area contributed by atoms with Crippen LogP contribution in [0.15, 0.2) is 17.2 Å². The van der Waals surface area contributed by atoms with E-state index in [1.54, 1.807) is 6.92 Å². The molecule has 9 nitrogen and oxygen atoms in total. The van der Waals surface area contributed by atoms with Crippen LogP contribution in [0.5, 0.6) is 5.88 Å². The summed E-state index contributed by atoms with van der Waals surface area (Å²) in [5, 5.41) is 0. The zero-order chi connectivity index (χ0) is 20.1. The molecule has 0 spiro atoms. The summed E-state index contributed by atoms with van der Waals surface area (Å²) in [5.41, 5.74) is 0.0158. The van der Waals surface area contributed by atoms with E-state index in [0.29, 0.717) is 45.8 Å². The van der Waals surface area contributed by atoms with Crippen molar-refractivity contribution in [3.8, 4) is 5.88 Å². The van der Waals surface area contributed by atoms with E-state index in [1.807, 2.05) is 6.92 Å². The maximum atomic E-state index is 13.0. The molecule has 3 heterocycles. The molecular formula is C18H27N3O6S. The second-order valence-corrected chi connectivity index (χ2v) is 8.62. The fraction of sp³-hybridized carbons (Fsp3) is 0.667. The summed E-state index contributed by atoms with van der Waals surface area (Å²) in [7, 11) is -3.75. The van der Waals surface area contributed by atoms with E-state index >= 15 is 0 Å². The summed E-state index contributed by atoms with van der Waals surface area (Å²) in [6.45, 7) is 7.94. The predicted octanol–water partition coefficient (Wildman–Crippen LogP) is 0.752. The Morgan fingerprint density at radius 1 is 1.29 bits per heavy atom. The molecule has 2 aliphatic heterocycles. The van der Waals surface area contributed by atoms with Gasteiger partial charge in [0, 0.05) is 32.6 Å². The van der Waals surface area contributed by atoms with Gasteiger partial charge >= 0.3 is 5.97 Å². The predicted molar refractivity (Wildman–Crippen MR) is 101 cm³/mol. The second kappa shape index (κ2) is 9.17. The first-order valence-electron chi connectivity index (χ1n) is 9.59. The van der Waals surface area contributed by atoms with Gasteiger partial charge in [-0.15, -0.1) is 0 Å². The molecule has 1 aromatic heterocycles. The second-order valence-electron chi connectivity index (χ2n) is 6.69. The third-order valence-corrected chi connectivity index (χ3v) is 6.77. The molecule has 2 aliphatic rings. The van der Waals surface area contributed by atoms with Gasteiger partial charge in [-0.25, -0.2) is 18.2 Å². The number of likely N-dealkylation sites (N-methyl/N-ethyl adjacent to an activating group) is 1. The Morgan fingerprint density at radius 2 is 2.04 bits per heavy atom. The molecule has 2 saturated heterocycles. The Labute approximate surface area is 165 Å². The van der Waals surface area contributed by atoms with E-state index in [0.717, 1.165) is 6.54 Å². The molecule has 0 radical (unpaired) electrons. The normalized spacial score (nSPS) is 21.6. The van der Waals surface area contributed by atoms with Crippen molar-refractivity contribution in [1.82, 2.24) is 14.2 Å². The molecule has 2 fully saturated rings. The fourth-order valence-electron chi connectivity index (χ4n) is 3.22. The van der Waals surface area contributed by atoms with Gasteiger partial charge < -0.3 is 19.1 Å². The summed E-state index contributed by atoms with van der Waals surface area (Å²) >= 11 is 0. The van der Waals surface area contributed by atoms with Gasteiger partial charge in [-0.1, -0.05) is 6.92 Å². The number of rotatable bonds is 7. The molecule has 156 valence electrons. The monoisotopic (exact) mass is 413 g/mol. The van der Waals surface area contributed by atoms with Crippen LogP contribution in [0, 0.1) is 0 Å². The average molecular weight is 413 g/mol. The smallest absolute Gasteiger partial charge is 0.343 e. The minimum atomic E-state index is -3.75. The molecule has 0 amide bonds. The van der Waals surface area contributed by atoms with E-state index < -0.39 is 16.0 Å². The van der Waals surface area contributed by atoms with Crippen LogP contribution >= 0.6 is 0 Å². The third-order valence-electron chi connectivity index (χ3n) is 4.90. The molecule has 3 rings (SSSR count). The molecule has 0 aliphatic carbocycles. The van der Waals surface area contributed by atoms with Gasteiger partial charge in [-0.05, 0) is 19.5 Å². The van der Waals surface area contributed by atoms with Gasteiger partial charge in [0.1, 0.15) is 16.6 Å². The lowest BCUT2D eigenvalue weighted by atomic mass is 10.2. The largest absolute Gasteiger partial charge is 0.471 e. The Morgan fingerprint density at radius 3 is 2.64 bits per heavy atom. The van der Waals surface area contributed by atoms with E-state index in [4.69, 9.17) is 14.2 Å². The molecule has 28 heavy (non-hydrogen) atoms. The molecule has 0 saturated carbocycles. The zero-order valence-electron chi connectivity index (χ0n) is 16.3. The fourth-order valence-corrected chi connectivity index (χ4v) is 4.62. The van der Waals surface area contributed by atoms with Crippen LogP contribution in [0.3, 0.4) is 0 Å². The maximum Gasteiger partial charge on any atom is 0.343 e. The highest BCUT2D eigenvalue weighted by atomic mass is 32.2. The molecule has 0 unspecified atom stereocenters. The Kier molecular flexibility index (Phi) is 6.86. The van der Waals surface area contributed by atoms with Gasteiger partial charge in [-0.3, -0.25) is 0 Å². The first kappa shape index (κ1) is 21.0. The summed E-state index contributed by atoms with van der Waals surface area (Å²) in [6, 6.07) is 1.30. The maximum absolute atomic E-state index is 13.0. The van der Waals surface area contributed by atoms with Crippen LogP contribution in [-0.4, -0.2) is 87.2 Å². The molecule has 1 atom stereocenters. The van der Waals surface area contributed by atoms with E-state index in [1.165, 1.54) is 16.6 Å². The van der Waals surface area contributed by atoms with Gasteiger partial charge in [0.2, 0.25) is 15.9 Å². The van der Waals surface area contributed by atoms with Crippen LogP contribution < -0.4 is 4.74 Å². The number of piperazine rings is 1. The van der Waals surface area contributed by atoms with E-state index in [2.05, 4.69) is 9.88 Å². The van der Waals surface area contributed by atoms with Crippen molar-refractivity contribution in [1.29, 1.82) is 0 Å². The number of esters is 1. The lowest BCUT2D eigenvalue weighted by Gasteiger charge is -2.33. The highest BCUT2D eigenvalue weighted by Gasteiger charge is 2.31. The number of sulfonamides is 1. The number of pyridine rings is 1. The number of carbonyl (C=O) groups is 1. The van der Waals surface area contributed by atoms with Crippen molar-refractivity contribution in [2.75, 3.05) is 52.5 Å². The number of aromatic nitrogens is 1. The third kappa shape index (κ3) is 4.62. The number of ether oxygens (including phenoxy) is 3. The minimum absolute atomic E-state index is 0.0158. The van der Waals surface area contributed by atoms with Crippen molar-refractivity contribution < 1.29 is 27.4 Å². The number of nitrogens with zero attached hydrogens (tertiary/aromatic N) is 3. The van der Waals surface area contributed by atoms with Crippen LogP contribution in [-0.2, 0) is 19.5 Å². The molecule has 0 aromatic carbocycles. The SMILES string of the molecule is CCOC(=O)c1cc(S(=O)(=O)N2CCN(CC)CC2)cnc1O[C@@H]1CCOC1. The van der Waals surface area contributed by atoms with Gasteiger partial charge in [0.05, 0.1) is 26.0 Å². The Balaban J connectivity index is 1.86. The minimum Gasteiger partial charge on any atom is -0.471 e. The van der Waals surface area contributed by atoms with Crippen molar-refractivity contribution in [3.63, 3.8) is 0 Å². The summed E-state index contributed by atoms with van der Waals surface area (Å²) < 4.78 is 43.6. The quantitative estimate of drug-likeness (QED) is 0.604. The number of hydrogen-bond donors (Lipinski definition) is 0. The lowest BCUT2D eigenvalue weighted by molar-refractivity contribution is 0.0515. The van der Waals surface area contributed by atoms with Crippen molar-refractivity contribution in [2.45, 2.75) is 31.3 Å². The first-order valence-corrected chi connectivity index (χ1v) is 11.0. The van der Waals surface area contributed by atoms with E-state index in [-0.39, 0.29) is 29.0 Å². The molecular weight excluding hydrogens is 386 g/mol. The molecule has 0 bridgehead atoms. The van der Waals surface area contributed by atoms with Crippen LogP contribution in [0.2, 0.25) is 0 Å². The topological polar surface area (TPSA) is 98.3 Å². The summed E-state index contributed by atoms with van der Waals surface area (Å²) in [5.74, 6) is -0.583. The highest BCUT2D eigenvalue weighted by Crippen LogP contribution is 2.25. The molecule has 0 N–H and O–H groups in total. The first-order chi connectivity index (χ1) is 13.5. The lowest BCUT2D eigenvalue weighted by Crippen LogP contribution is -2.48. The van der Waals surface area contributed by atoms with Crippen LogP contribution in [0.4, 0.5) is 0 Å². The van der Waals surface area contributed by atoms with Gasteiger partial charge in [0.25, 0.3) is 0 Å². The molecule has 1 aromatic rings. The zero-order valence-corrected chi connectivity index (χ0v) is 17.1. The van der Waals surface area contributed by atoms with Crippen molar-refractivity contribution in [2.24, 2.45) is 0 Å². The van der Waals surface area contributed by atoms with E-state index in [9.17, 15) is 13.2 Å². The summed E-state index contributed by atoms with van der Waals surface area (Å²) in [6.07, 6.45) is 1.71. The summed E-state index contributed by atoms with van der Waals surface area (Å²) in [4.78, 5) is 18.7. The van der Waals surface area contributed by atoms with Crippen LogP contribution in [0.1, 0.15) is 30.6 Å². The Bertz CT molecular complexity index is 787. The number of carbonyl (C=O) groups excluding carboxylic acids is 1. The van der Waals surface area contributed by atoms with Crippen LogP contribution in [0.25, 0.3) is 0 Å². The molecule has 10 heteroatoms. The standard InChI is InChI=1S/C18H27N3O6S/c1-3-20-6-8-21(9-7-20)28(23,24)15-11-16(18(22)26-4-2)17(19-12-15)27-14-5-10-25-13-14/h11-12,14H,3-10,13H2,1-2H3/t14-/m1/s1.